The van der Waals surface area contributed by atoms with E-state index in [4.69, 9.17) is 11.6 Å². The van der Waals surface area contributed by atoms with Crippen LogP contribution in [0.15, 0.2) is 42.5 Å². The first-order valence-corrected chi connectivity index (χ1v) is 6.14. The van der Waals surface area contributed by atoms with Crippen molar-refractivity contribution in [3.05, 3.63) is 58.6 Å². The van der Waals surface area contributed by atoms with Crippen molar-refractivity contribution in [2.45, 2.75) is 0 Å². The molecule has 0 fully saturated rings. The highest BCUT2D eigenvalue weighted by atomic mass is 35.5. The Morgan fingerprint density at radius 3 is 2.74 bits per heavy atom. The maximum Gasteiger partial charge on any atom is 0.256 e. The number of anilines is 1. The van der Waals surface area contributed by atoms with Crippen molar-refractivity contribution < 1.29 is 9.90 Å². The molecule has 94 valence electrons. The molecule has 4 heteroatoms. The lowest BCUT2D eigenvalue weighted by Crippen LogP contribution is -2.03. The van der Waals surface area contributed by atoms with Crippen molar-refractivity contribution >= 4 is 34.8 Å². The highest BCUT2D eigenvalue weighted by Gasteiger charge is 2.23. The molecule has 0 unspecified atom stereocenters. The van der Waals surface area contributed by atoms with Gasteiger partial charge in [-0.3, -0.25) is 4.79 Å². The van der Waals surface area contributed by atoms with Crippen molar-refractivity contribution in [3.8, 4) is 5.75 Å². The average Bonchev–Trinajstić information content (AvgIpc) is 2.69. The smallest absolute Gasteiger partial charge is 0.256 e. The van der Waals surface area contributed by atoms with Crippen molar-refractivity contribution in [3.63, 3.8) is 0 Å². The van der Waals surface area contributed by atoms with Gasteiger partial charge in [0.1, 0.15) is 5.75 Å². The molecule has 0 aliphatic carbocycles. The molecule has 1 aliphatic heterocycles. The number of carbonyl (C=O) groups is 1. The molecule has 3 nitrogen and oxygen atoms in total. The predicted octanol–water partition coefficient (Wildman–Crippen LogP) is 3.54. The van der Waals surface area contributed by atoms with Gasteiger partial charge in [-0.15, -0.1) is 0 Å². The quantitative estimate of drug-likeness (QED) is 0.780. The van der Waals surface area contributed by atoms with E-state index in [2.05, 4.69) is 5.32 Å². The first-order chi connectivity index (χ1) is 9.15. The summed E-state index contributed by atoms with van der Waals surface area (Å²) in [5, 5.41) is 12.5. The molecule has 19 heavy (non-hydrogen) atoms. The van der Waals surface area contributed by atoms with Crippen LogP contribution in [0.25, 0.3) is 11.6 Å². The Balaban J connectivity index is 2.11. The number of fused-ring (bicyclic) bond motifs is 1. The first-order valence-electron chi connectivity index (χ1n) is 5.76. The number of aromatic hydroxyl groups is 1. The highest BCUT2D eigenvalue weighted by molar-refractivity contribution is 6.37. The van der Waals surface area contributed by atoms with Gasteiger partial charge in [0, 0.05) is 16.8 Å². The van der Waals surface area contributed by atoms with E-state index >= 15 is 0 Å². The molecule has 0 spiro atoms. The minimum absolute atomic E-state index is 0.100. The number of halogens is 1. The van der Waals surface area contributed by atoms with Gasteiger partial charge in [-0.05, 0) is 35.9 Å². The van der Waals surface area contributed by atoms with Crippen LogP contribution in [0.3, 0.4) is 0 Å². The normalized spacial score (nSPS) is 15.4. The molecule has 0 aromatic heterocycles. The lowest BCUT2D eigenvalue weighted by atomic mass is 10.0. The maximum atomic E-state index is 11.9. The van der Waals surface area contributed by atoms with Crippen molar-refractivity contribution in [1.29, 1.82) is 0 Å². The minimum atomic E-state index is -0.148. The number of rotatable bonds is 1. The van der Waals surface area contributed by atoms with Gasteiger partial charge in [0.15, 0.2) is 0 Å². The van der Waals surface area contributed by atoms with Gasteiger partial charge in [0.05, 0.1) is 5.02 Å². The number of phenolic OH excluding ortho intramolecular Hbond substituents is 1. The summed E-state index contributed by atoms with van der Waals surface area (Å²) in [6.45, 7) is 0. The molecule has 0 radical (unpaired) electrons. The number of hydrogen-bond donors (Lipinski definition) is 2. The Hall–Kier alpha value is -2.26. The van der Waals surface area contributed by atoms with Crippen LogP contribution in [0.4, 0.5) is 5.69 Å². The predicted molar refractivity (Wildman–Crippen MR) is 76.1 cm³/mol. The minimum Gasteiger partial charge on any atom is -0.508 e. The molecule has 1 heterocycles. The second-order valence-electron chi connectivity index (χ2n) is 4.26. The van der Waals surface area contributed by atoms with E-state index in [9.17, 15) is 9.90 Å². The number of phenols is 1. The van der Waals surface area contributed by atoms with Crippen LogP contribution in [-0.4, -0.2) is 11.0 Å². The average molecular weight is 272 g/mol. The molecule has 0 atom stereocenters. The molecular formula is C15H10ClNO2. The summed E-state index contributed by atoms with van der Waals surface area (Å²) in [5.74, 6) is -0.0474. The lowest BCUT2D eigenvalue weighted by Gasteiger charge is -2.01. The van der Waals surface area contributed by atoms with E-state index in [-0.39, 0.29) is 11.7 Å². The Kier molecular flexibility index (Phi) is 2.76. The summed E-state index contributed by atoms with van der Waals surface area (Å²) < 4.78 is 0. The fourth-order valence-electron chi connectivity index (χ4n) is 2.07. The Morgan fingerprint density at radius 1 is 1.16 bits per heavy atom. The van der Waals surface area contributed by atoms with Crippen LogP contribution in [0.5, 0.6) is 5.75 Å². The van der Waals surface area contributed by atoms with E-state index in [1.165, 1.54) is 12.1 Å². The van der Waals surface area contributed by atoms with E-state index in [1.54, 1.807) is 12.1 Å². The zero-order valence-electron chi connectivity index (χ0n) is 9.85. The highest BCUT2D eigenvalue weighted by Crippen LogP contribution is 2.34. The van der Waals surface area contributed by atoms with Crippen molar-refractivity contribution in [1.82, 2.24) is 0 Å². The van der Waals surface area contributed by atoms with Crippen LogP contribution in [0, 0.1) is 0 Å². The summed E-state index contributed by atoms with van der Waals surface area (Å²) >= 11 is 6.05. The van der Waals surface area contributed by atoms with E-state index in [0.717, 1.165) is 11.3 Å². The second kappa shape index (κ2) is 4.44. The lowest BCUT2D eigenvalue weighted by molar-refractivity contribution is -0.110. The molecule has 2 N–H and O–H groups in total. The first kappa shape index (κ1) is 11.8. The third-order valence-electron chi connectivity index (χ3n) is 2.99. The van der Waals surface area contributed by atoms with Crippen LogP contribution in [0.1, 0.15) is 11.1 Å². The fraction of sp³-hybridized carbons (Fsp3) is 0. The molecule has 3 rings (SSSR count). The molecule has 0 saturated carbocycles. The standard InChI is InChI=1S/C15H10ClNO2/c16-13-8-10(18)6-5-9(13)7-12-11-3-1-2-4-14(11)17-15(12)19/h1-8,18H,(H,17,19)/b12-7+. The van der Waals surface area contributed by atoms with Crippen LogP contribution < -0.4 is 5.32 Å². The van der Waals surface area contributed by atoms with Crippen molar-refractivity contribution in [2.24, 2.45) is 0 Å². The fourth-order valence-corrected chi connectivity index (χ4v) is 2.30. The molecule has 1 amide bonds. The molecule has 2 aromatic rings. The molecular weight excluding hydrogens is 262 g/mol. The largest absolute Gasteiger partial charge is 0.508 e. The zero-order valence-corrected chi connectivity index (χ0v) is 10.6. The molecule has 0 saturated heterocycles. The van der Waals surface area contributed by atoms with Gasteiger partial charge in [-0.1, -0.05) is 29.8 Å². The third kappa shape index (κ3) is 2.09. The topological polar surface area (TPSA) is 49.3 Å². The Morgan fingerprint density at radius 2 is 1.95 bits per heavy atom. The van der Waals surface area contributed by atoms with Gasteiger partial charge in [-0.2, -0.15) is 0 Å². The number of carbonyl (C=O) groups excluding carboxylic acids is 1. The molecule has 2 aromatic carbocycles. The number of para-hydroxylation sites is 1. The third-order valence-corrected chi connectivity index (χ3v) is 3.32. The van der Waals surface area contributed by atoms with Gasteiger partial charge < -0.3 is 10.4 Å². The van der Waals surface area contributed by atoms with Crippen molar-refractivity contribution in [2.75, 3.05) is 5.32 Å². The van der Waals surface area contributed by atoms with Gasteiger partial charge in [0.25, 0.3) is 5.91 Å². The van der Waals surface area contributed by atoms with Gasteiger partial charge >= 0.3 is 0 Å². The van der Waals surface area contributed by atoms with E-state index < -0.39 is 0 Å². The molecule has 1 aliphatic rings. The Labute approximate surface area is 115 Å². The van der Waals surface area contributed by atoms with Crippen LogP contribution in [-0.2, 0) is 4.79 Å². The summed E-state index contributed by atoms with van der Waals surface area (Å²) in [4.78, 5) is 11.9. The SMILES string of the molecule is O=C1Nc2ccccc2/C1=C\c1ccc(O)cc1Cl. The Bertz CT molecular complexity index is 707. The van der Waals surface area contributed by atoms with Crippen LogP contribution >= 0.6 is 11.6 Å². The van der Waals surface area contributed by atoms with Gasteiger partial charge in [0.2, 0.25) is 0 Å². The van der Waals surface area contributed by atoms with Gasteiger partial charge in [-0.25, -0.2) is 0 Å². The summed E-state index contributed by atoms with van der Waals surface area (Å²) in [6.07, 6.45) is 1.73. The number of nitrogens with one attached hydrogen (secondary N) is 1. The maximum absolute atomic E-state index is 11.9. The monoisotopic (exact) mass is 271 g/mol. The summed E-state index contributed by atoms with van der Waals surface area (Å²) in [6, 6.07) is 12.2. The number of hydrogen-bond acceptors (Lipinski definition) is 2. The second-order valence-corrected chi connectivity index (χ2v) is 4.67. The van der Waals surface area contributed by atoms with Crippen LogP contribution in [0.2, 0.25) is 5.02 Å². The summed E-state index contributed by atoms with van der Waals surface area (Å²) in [7, 11) is 0. The number of benzene rings is 2. The van der Waals surface area contributed by atoms with E-state index in [1.807, 2.05) is 24.3 Å². The summed E-state index contributed by atoms with van der Waals surface area (Å²) in [5.41, 5.74) is 2.93. The number of amides is 1. The molecule has 0 bridgehead atoms. The zero-order chi connectivity index (χ0) is 13.4. The van der Waals surface area contributed by atoms with E-state index in [0.29, 0.717) is 16.2 Å².